The second-order valence-corrected chi connectivity index (χ2v) is 6.45. The predicted molar refractivity (Wildman–Crippen MR) is 89.2 cm³/mol. The third kappa shape index (κ3) is 3.30. The van der Waals surface area contributed by atoms with Crippen LogP contribution < -0.4 is 0 Å². The number of morpholine rings is 1. The van der Waals surface area contributed by atoms with Gasteiger partial charge in [-0.05, 0) is 25.0 Å². The highest BCUT2D eigenvalue weighted by Gasteiger charge is 2.40. The zero-order chi connectivity index (χ0) is 17.1. The Balaban J connectivity index is 1.71. The monoisotopic (exact) mass is 332 g/mol. The zero-order valence-electron chi connectivity index (χ0n) is 14.0. The van der Waals surface area contributed by atoms with E-state index in [4.69, 9.17) is 4.74 Å². The summed E-state index contributed by atoms with van der Waals surface area (Å²) in [5.41, 5.74) is 1.15. The van der Waals surface area contributed by atoms with E-state index in [0.717, 1.165) is 39.3 Å². The Bertz CT molecular complexity index is 613. The maximum Gasteiger partial charge on any atom is 0.313 e. The van der Waals surface area contributed by atoms with E-state index in [2.05, 4.69) is 4.90 Å². The molecule has 2 heterocycles. The van der Waals surface area contributed by atoms with Gasteiger partial charge < -0.3 is 14.7 Å². The molecule has 0 radical (unpaired) electrons. The second kappa shape index (κ2) is 7.32. The Morgan fingerprint density at radius 2 is 1.96 bits per heavy atom. The SMILES string of the molecule is CC1C(C(=O)O)c2ccccc2C(=O)N1CCCN1CCOCC1. The topological polar surface area (TPSA) is 70.1 Å². The molecule has 24 heavy (non-hydrogen) atoms. The van der Waals surface area contributed by atoms with E-state index in [0.29, 0.717) is 17.7 Å². The van der Waals surface area contributed by atoms with Crippen molar-refractivity contribution in [3.8, 4) is 0 Å². The summed E-state index contributed by atoms with van der Waals surface area (Å²) in [6.45, 7) is 6.67. The van der Waals surface area contributed by atoms with Gasteiger partial charge in [0.1, 0.15) is 5.92 Å². The van der Waals surface area contributed by atoms with Crippen molar-refractivity contribution in [2.45, 2.75) is 25.3 Å². The normalized spacial score (nSPS) is 24.7. The molecule has 0 saturated carbocycles. The zero-order valence-corrected chi connectivity index (χ0v) is 14.0. The maximum atomic E-state index is 12.8. The predicted octanol–water partition coefficient (Wildman–Crippen LogP) is 1.42. The molecule has 3 rings (SSSR count). The molecule has 0 aliphatic carbocycles. The van der Waals surface area contributed by atoms with Gasteiger partial charge in [0.05, 0.1) is 13.2 Å². The number of nitrogens with zero attached hydrogens (tertiary/aromatic N) is 2. The average molecular weight is 332 g/mol. The molecule has 1 aromatic rings. The van der Waals surface area contributed by atoms with Crippen LogP contribution >= 0.6 is 0 Å². The van der Waals surface area contributed by atoms with E-state index in [1.807, 2.05) is 6.92 Å². The van der Waals surface area contributed by atoms with Crippen LogP contribution in [0.25, 0.3) is 0 Å². The van der Waals surface area contributed by atoms with Gasteiger partial charge in [-0.15, -0.1) is 0 Å². The van der Waals surface area contributed by atoms with Gasteiger partial charge in [-0.1, -0.05) is 18.2 Å². The van der Waals surface area contributed by atoms with Crippen molar-refractivity contribution in [3.63, 3.8) is 0 Å². The molecule has 6 heteroatoms. The molecular formula is C18H24N2O4. The number of carbonyl (C=O) groups is 2. The van der Waals surface area contributed by atoms with Crippen molar-refractivity contribution in [1.82, 2.24) is 9.80 Å². The third-order valence-electron chi connectivity index (χ3n) is 5.00. The van der Waals surface area contributed by atoms with Crippen LogP contribution in [0.1, 0.15) is 35.2 Å². The third-order valence-corrected chi connectivity index (χ3v) is 5.00. The number of aliphatic carboxylic acids is 1. The second-order valence-electron chi connectivity index (χ2n) is 6.45. The van der Waals surface area contributed by atoms with E-state index >= 15 is 0 Å². The Morgan fingerprint density at radius 1 is 1.25 bits per heavy atom. The fourth-order valence-electron chi connectivity index (χ4n) is 3.68. The minimum Gasteiger partial charge on any atom is -0.481 e. The summed E-state index contributed by atoms with van der Waals surface area (Å²) in [7, 11) is 0. The standard InChI is InChI=1S/C18H24N2O4/c1-13-16(18(22)23)14-5-2-3-6-15(14)17(21)20(13)8-4-7-19-9-11-24-12-10-19/h2-3,5-6,13,16H,4,7-12H2,1H3,(H,22,23). The Hall–Kier alpha value is -1.92. The number of carboxylic acid groups (broad SMARTS) is 1. The van der Waals surface area contributed by atoms with Crippen LogP contribution in [0.15, 0.2) is 24.3 Å². The summed E-state index contributed by atoms with van der Waals surface area (Å²) in [6.07, 6.45) is 0.838. The first-order valence-electron chi connectivity index (χ1n) is 8.52. The number of rotatable bonds is 5. The van der Waals surface area contributed by atoms with Gasteiger partial charge in [0.2, 0.25) is 0 Å². The van der Waals surface area contributed by atoms with Gasteiger partial charge in [-0.25, -0.2) is 0 Å². The summed E-state index contributed by atoms with van der Waals surface area (Å²) < 4.78 is 5.34. The lowest BCUT2D eigenvalue weighted by Gasteiger charge is -2.39. The number of hydrogen-bond acceptors (Lipinski definition) is 4. The number of ether oxygens (including phenoxy) is 1. The first kappa shape index (κ1) is 16.9. The Kier molecular flexibility index (Phi) is 5.16. The van der Waals surface area contributed by atoms with Crippen LogP contribution in [0.4, 0.5) is 0 Å². The number of benzene rings is 1. The molecule has 1 saturated heterocycles. The Labute approximate surface area is 142 Å². The van der Waals surface area contributed by atoms with E-state index in [1.165, 1.54) is 0 Å². The number of carboxylic acids is 1. The molecule has 2 unspecified atom stereocenters. The van der Waals surface area contributed by atoms with E-state index in [9.17, 15) is 14.7 Å². The number of hydrogen-bond donors (Lipinski definition) is 1. The first-order chi connectivity index (χ1) is 11.6. The molecule has 2 aliphatic heterocycles. The van der Waals surface area contributed by atoms with E-state index < -0.39 is 11.9 Å². The van der Waals surface area contributed by atoms with Crippen molar-refractivity contribution >= 4 is 11.9 Å². The van der Waals surface area contributed by atoms with Crippen molar-refractivity contribution in [1.29, 1.82) is 0 Å². The molecule has 6 nitrogen and oxygen atoms in total. The fourth-order valence-corrected chi connectivity index (χ4v) is 3.68. The summed E-state index contributed by atoms with van der Waals surface area (Å²) in [5, 5.41) is 9.63. The number of amides is 1. The van der Waals surface area contributed by atoms with Crippen molar-refractivity contribution in [3.05, 3.63) is 35.4 Å². The maximum absolute atomic E-state index is 12.8. The van der Waals surface area contributed by atoms with Crippen molar-refractivity contribution in [2.24, 2.45) is 0 Å². The minimum atomic E-state index is -0.874. The van der Waals surface area contributed by atoms with Gasteiger partial charge in [-0.3, -0.25) is 14.5 Å². The smallest absolute Gasteiger partial charge is 0.313 e. The van der Waals surface area contributed by atoms with Gasteiger partial charge in [-0.2, -0.15) is 0 Å². The highest BCUT2D eigenvalue weighted by molar-refractivity contribution is 6.00. The molecule has 0 aromatic heterocycles. The van der Waals surface area contributed by atoms with Gasteiger partial charge in [0.25, 0.3) is 5.91 Å². The fraction of sp³-hybridized carbons (Fsp3) is 0.556. The molecule has 2 atom stereocenters. The van der Waals surface area contributed by atoms with Crippen LogP contribution in [-0.2, 0) is 9.53 Å². The molecule has 0 bridgehead atoms. The molecular weight excluding hydrogens is 308 g/mol. The molecule has 2 aliphatic rings. The summed E-state index contributed by atoms with van der Waals surface area (Å²) in [4.78, 5) is 28.6. The van der Waals surface area contributed by atoms with Crippen molar-refractivity contribution in [2.75, 3.05) is 39.4 Å². The highest BCUT2D eigenvalue weighted by atomic mass is 16.5. The summed E-state index contributed by atoms with van der Waals surface area (Å²) >= 11 is 0. The number of fused-ring (bicyclic) bond motifs is 1. The van der Waals surface area contributed by atoms with Gasteiger partial charge in [0.15, 0.2) is 0 Å². The van der Waals surface area contributed by atoms with E-state index in [1.54, 1.807) is 29.2 Å². The molecule has 1 aromatic carbocycles. The van der Waals surface area contributed by atoms with E-state index in [-0.39, 0.29) is 11.9 Å². The molecule has 130 valence electrons. The lowest BCUT2D eigenvalue weighted by Crippen LogP contribution is -2.49. The Morgan fingerprint density at radius 3 is 2.67 bits per heavy atom. The summed E-state index contributed by atoms with van der Waals surface area (Å²) in [6, 6.07) is 6.73. The molecule has 1 amide bonds. The van der Waals surface area contributed by atoms with Crippen LogP contribution in [0.2, 0.25) is 0 Å². The molecule has 0 spiro atoms. The first-order valence-corrected chi connectivity index (χ1v) is 8.52. The van der Waals surface area contributed by atoms with Crippen LogP contribution in [0.3, 0.4) is 0 Å². The van der Waals surface area contributed by atoms with Gasteiger partial charge in [0, 0.05) is 37.8 Å². The number of carbonyl (C=O) groups excluding carboxylic acids is 1. The van der Waals surface area contributed by atoms with Crippen LogP contribution in [0, 0.1) is 0 Å². The minimum absolute atomic E-state index is 0.0578. The van der Waals surface area contributed by atoms with Crippen LogP contribution in [-0.4, -0.2) is 72.2 Å². The summed E-state index contributed by atoms with van der Waals surface area (Å²) in [5.74, 6) is -1.60. The molecule has 1 fully saturated rings. The highest BCUT2D eigenvalue weighted by Crippen LogP contribution is 2.33. The van der Waals surface area contributed by atoms with Crippen LogP contribution in [0.5, 0.6) is 0 Å². The lowest BCUT2D eigenvalue weighted by atomic mass is 9.83. The quantitative estimate of drug-likeness (QED) is 0.883. The average Bonchev–Trinajstić information content (AvgIpc) is 2.58. The van der Waals surface area contributed by atoms with Crippen molar-refractivity contribution < 1.29 is 19.4 Å². The van der Waals surface area contributed by atoms with Gasteiger partial charge >= 0.3 is 5.97 Å². The largest absolute Gasteiger partial charge is 0.481 e. The molecule has 1 N–H and O–H groups in total. The lowest BCUT2D eigenvalue weighted by molar-refractivity contribution is -0.140.